The second-order valence-corrected chi connectivity index (χ2v) is 6.84. The number of hydrogen-bond donors (Lipinski definition) is 1. The van der Waals surface area contributed by atoms with E-state index in [1.54, 1.807) is 0 Å². The number of hydrogen-bond acceptors (Lipinski definition) is 4. The first-order chi connectivity index (χ1) is 10.4. The van der Waals surface area contributed by atoms with Crippen LogP contribution >= 0.6 is 0 Å². The monoisotopic (exact) mass is 323 g/mol. The lowest BCUT2D eigenvalue weighted by Crippen LogP contribution is -2.27. The number of nitrogens with one attached hydrogen (secondary N) is 1. The van der Waals surface area contributed by atoms with Crippen LogP contribution in [0.15, 0.2) is 30.3 Å². The Morgan fingerprint density at radius 3 is 2.59 bits per heavy atom. The minimum absolute atomic E-state index is 0.220. The minimum atomic E-state index is -4.75. The highest BCUT2D eigenvalue weighted by Crippen LogP contribution is 2.35. The molecule has 22 heavy (non-hydrogen) atoms. The van der Waals surface area contributed by atoms with Crippen LogP contribution in [0.2, 0.25) is 0 Å². The van der Waals surface area contributed by atoms with Gasteiger partial charge in [-0.1, -0.05) is 30.3 Å². The Morgan fingerprint density at radius 1 is 1.32 bits per heavy atom. The molecule has 1 unspecified atom stereocenters. The highest BCUT2D eigenvalue weighted by molar-refractivity contribution is 7.87. The zero-order valence-corrected chi connectivity index (χ0v) is 12.6. The summed E-state index contributed by atoms with van der Waals surface area (Å²) in [5, 5.41) is 5.57. The third-order valence-corrected chi connectivity index (χ3v) is 4.85. The molecule has 1 amide bonds. The maximum Gasteiger partial charge on any atom is 0.307 e. The average molecular weight is 323 g/mol. The Hall–Kier alpha value is -2.22. The number of carbonyl (C=O) groups excluding carboxylic acids is 1. The average Bonchev–Trinajstić information content (AvgIpc) is 3.02. The Labute approximate surface area is 127 Å². The fourth-order valence-corrected chi connectivity index (χ4v) is 3.30. The van der Waals surface area contributed by atoms with Crippen LogP contribution in [-0.2, 0) is 15.0 Å². The summed E-state index contributed by atoms with van der Waals surface area (Å²) in [5.74, 6) is -0.116. The topological polar surface area (TPSA) is 83.1 Å². The summed E-state index contributed by atoms with van der Waals surface area (Å²) in [6.45, 7) is 1.59. The molecular formula is C14H14FN3O3S. The first kappa shape index (κ1) is 14.7. The standard InChI is InChI=1S/C14H14FN3O3S/c1-9-13(10-5-3-2-4-6-10)14(17-16-9)18-8-11(7-12(18)19)22(15,20)21/h2-6,11H,7-8H2,1H3,(H,16,17). The summed E-state index contributed by atoms with van der Waals surface area (Å²) >= 11 is 0. The van der Waals surface area contributed by atoms with Gasteiger partial charge in [-0.3, -0.25) is 14.8 Å². The van der Waals surface area contributed by atoms with Gasteiger partial charge in [0.25, 0.3) is 0 Å². The van der Waals surface area contributed by atoms with Gasteiger partial charge in [0.15, 0.2) is 5.82 Å². The highest BCUT2D eigenvalue weighted by atomic mass is 32.3. The number of benzene rings is 1. The molecule has 0 aliphatic carbocycles. The van der Waals surface area contributed by atoms with E-state index in [-0.39, 0.29) is 13.0 Å². The van der Waals surface area contributed by atoms with Gasteiger partial charge in [0.1, 0.15) is 5.25 Å². The van der Waals surface area contributed by atoms with Gasteiger partial charge in [0.2, 0.25) is 5.91 Å². The summed E-state index contributed by atoms with van der Waals surface area (Å²) in [4.78, 5) is 13.3. The van der Waals surface area contributed by atoms with Gasteiger partial charge >= 0.3 is 10.2 Å². The highest BCUT2D eigenvalue weighted by Gasteiger charge is 2.40. The first-order valence-corrected chi connectivity index (χ1v) is 8.17. The number of carbonyl (C=O) groups is 1. The molecule has 1 aromatic heterocycles. The first-order valence-electron chi connectivity index (χ1n) is 6.72. The molecule has 0 spiro atoms. The zero-order chi connectivity index (χ0) is 15.9. The number of aromatic amines is 1. The second-order valence-electron chi connectivity index (χ2n) is 5.22. The van der Waals surface area contributed by atoms with Crippen LogP contribution in [-0.4, -0.2) is 36.3 Å². The van der Waals surface area contributed by atoms with E-state index < -0.39 is 21.4 Å². The van der Waals surface area contributed by atoms with Crippen molar-refractivity contribution in [2.24, 2.45) is 0 Å². The molecule has 2 aromatic rings. The van der Waals surface area contributed by atoms with Crippen LogP contribution in [0, 0.1) is 6.92 Å². The lowest BCUT2D eigenvalue weighted by atomic mass is 10.1. The van der Waals surface area contributed by atoms with Gasteiger partial charge in [-0.25, -0.2) is 0 Å². The predicted molar refractivity (Wildman–Crippen MR) is 79.5 cm³/mol. The number of amides is 1. The van der Waals surface area contributed by atoms with Crippen molar-refractivity contribution in [2.75, 3.05) is 11.4 Å². The third-order valence-electron chi connectivity index (χ3n) is 3.73. The molecule has 6 nitrogen and oxygen atoms in total. The molecule has 1 aromatic carbocycles. The van der Waals surface area contributed by atoms with Crippen LogP contribution in [0.3, 0.4) is 0 Å². The number of anilines is 1. The second kappa shape index (κ2) is 5.20. The van der Waals surface area contributed by atoms with E-state index in [2.05, 4.69) is 10.2 Å². The molecule has 116 valence electrons. The summed E-state index contributed by atoms with van der Waals surface area (Å²) < 4.78 is 35.2. The van der Waals surface area contributed by atoms with Gasteiger partial charge in [-0.15, -0.1) is 3.89 Å². The van der Waals surface area contributed by atoms with Crippen molar-refractivity contribution < 1.29 is 17.1 Å². The van der Waals surface area contributed by atoms with E-state index in [9.17, 15) is 17.1 Å². The third kappa shape index (κ3) is 2.50. The number of halogens is 1. The van der Waals surface area contributed by atoms with E-state index in [1.807, 2.05) is 37.3 Å². The van der Waals surface area contributed by atoms with Gasteiger partial charge in [0, 0.05) is 24.2 Å². The van der Waals surface area contributed by atoms with Crippen molar-refractivity contribution in [1.29, 1.82) is 0 Å². The molecule has 2 heterocycles. The lowest BCUT2D eigenvalue weighted by Gasteiger charge is -2.15. The summed E-state index contributed by atoms with van der Waals surface area (Å²) in [7, 11) is -4.75. The smallest absolute Gasteiger partial charge is 0.293 e. The van der Waals surface area contributed by atoms with Gasteiger partial charge < -0.3 is 0 Å². The number of H-pyrrole nitrogens is 1. The molecule has 3 rings (SSSR count). The van der Waals surface area contributed by atoms with Crippen molar-refractivity contribution in [2.45, 2.75) is 18.6 Å². The Bertz CT molecular complexity index is 817. The Kier molecular flexibility index (Phi) is 3.48. The number of aromatic nitrogens is 2. The zero-order valence-electron chi connectivity index (χ0n) is 11.8. The van der Waals surface area contributed by atoms with E-state index in [4.69, 9.17) is 0 Å². The summed E-state index contributed by atoms with van der Waals surface area (Å²) in [5.41, 5.74) is 2.31. The quantitative estimate of drug-likeness (QED) is 0.873. The minimum Gasteiger partial charge on any atom is -0.293 e. The van der Waals surface area contributed by atoms with Crippen LogP contribution in [0.25, 0.3) is 11.1 Å². The van der Waals surface area contributed by atoms with Crippen LogP contribution in [0.1, 0.15) is 12.1 Å². The number of aryl methyl sites for hydroxylation is 1. The summed E-state index contributed by atoms with van der Waals surface area (Å²) in [6, 6.07) is 9.31. The van der Waals surface area contributed by atoms with Crippen LogP contribution in [0.5, 0.6) is 0 Å². The molecule has 1 aliphatic rings. The molecule has 8 heteroatoms. The fourth-order valence-electron chi connectivity index (χ4n) is 2.63. The van der Waals surface area contributed by atoms with E-state index in [1.165, 1.54) is 4.90 Å². The maximum absolute atomic E-state index is 13.2. The van der Waals surface area contributed by atoms with E-state index >= 15 is 0 Å². The van der Waals surface area contributed by atoms with Crippen molar-refractivity contribution >= 4 is 21.9 Å². The van der Waals surface area contributed by atoms with Gasteiger partial charge in [-0.05, 0) is 12.5 Å². The molecule has 1 saturated heterocycles. The Balaban J connectivity index is 2.02. The molecule has 1 aliphatic heterocycles. The van der Waals surface area contributed by atoms with Crippen LogP contribution in [0.4, 0.5) is 9.70 Å². The van der Waals surface area contributed by atoms with Crippen molar-refractivity contribution in [1.82, 2.24) is 10.2 Å². The Morgan fingerprint density at radius 2 is 2.00 bits per heavy atom. The largest absolute Gasteiger partial charge is 0.307 e. The SMILES string of the molecule is Cc1[nH]nc(N2CC(S(=O)(=O)F)CC2=O)c1-c1ccccc1. The summed E-state index contributed by atoms with van der Waals surface area (Å²) in [6.07, 6.45) is -0.362. The van der Waals surface area contributed by atoms with Crippen molar-refractivity contribution in [3.63, 3.8) is 0 Å². The molecule has 0 saturated carbocycles. The molecule has 1 atom stereocenters. The maximum atomic E-state index is 13.2. The molecule has 0 radical (unpaired) electrons. The number of nitrogens with zero attached hydrogens (tertiary/aromatic N) is 2. The van der Waals surface area contributed by atoms with Crippen molar-refractivity contribution in [3.8, 4) is 11.1 Å². The van der Waals surface area contributed by atoms with Crippen LogP contribution < -0.4 is 4.90 Å². The van der Waals surface area contributed by atoms with E-state index in [0.29, 0.717) is 11.4 Å². The van der Waals surface area contributed by atoms with Crippen molar-refractivity contribution in [3.05, 3.63) is 36.0 Å². The predicted octanol–water partition coefficient (Wildman–Crippen LogP) is 1.79. The normalized spacial score (nSPS) is 18.9. The molecular weight excluding hydrogens is 309 g/mol. The molecule has 1 N–H and O–H groups in total. The molecule has 1 fully saturated rings. The molecule has 0 bridgehead atoms. The van der Waals surface area contributed by atoms with Gasteiger partial charge in [-0.2, -0.15) is 13.5 Å². The van der Waals surface area contributed by atoms with E-state index in [0.717, 1.165) is 11.3 Å². The number of rotatable bonds is 3. The fraction of sp³-hybridized carbons (Fsp3) is 0.286. The lowest BCUT2D eigenvalue weighted by molar-refractivity contribution is -0.117. The van der Waals surface area contributed by atoms with Gasteiger partial charge in [0.05, 0.1) is 0 Å².